The fourth-order valence-corrected chi connectivity index (χ4v) is 3.72. The van der Waals surface area contributed by atoms with Gasteiger partial charge in [-0.25, -0.2) is 26.3 Å². The van der Waals surface area contributed by atoms with Crippen molar-refractivity contribution in [3.63, 3.8) is 0 Å². The van der Waals surface area contributed by atoms with Gasteiger partial charge in [0.25, 0.3) is 11.8 Å². The zero-order valence-electron chi connectivity index (χ0n) is 21.2. The second-order valence-corrected chi connectivity index (χ2v) is 8.48. The number of hydrogen-bond donors (Lipinski definition) is 0. The number of hydrogen-bond acceptors (Lipinski definition) is 6. The Bertz CT molecular complexity index is 1750. The highest BCUT2D eigenvalue weighted by Crippen LogP contribution is 2.39. The Labute approximate surface area is 230 Å². The van der Waals surface area contributed by atoms with Gasteiger partial charge >= 0.3 is 0 Å². The van der Waals surface area contributed by atoms with Gasteiger partial charge in [-0.3, -0.25) is 0 Å². The molecule has 0 saturated heterocycles. The van der Waals surface area contributed by atoms with E-state index in [-0.39, 0.29) is 11.5 Å². The molecule has 4 aromatic carbocycles. The summed E-state index contributed by atoms with van der Waals surface area (Å²) < 4.78 is 136. The molecule has 0 aliphatic rings. The Morgan fingerprint density at radius 2 is 0.857 bits per heavy atom. The maximum Gasteiger partial charge on any atom is 0.254 e. The highest BCUT2D eigenvalue weighted by Gasteiger charge is 2.33. The number of benzene rings is 4. The molecule has 0 atom stereocenters. The lowest BCUT2D eigenvalue weighted by atomic mass is 10.1. The Balaban J connectivity index is 1.43. The van der Waals surface area contributed by atoms with Crippen LogP contribution in [0, 0.1) is 53.5 Å². The predicted octanol–water partition coefficient (Wildman–Crippen LogP) is 8.42. The maximum atomic E-state index is 14.9. The molecular weight excluding hydrogens is 580 g/mol. The minimum atomic E-state index is -2.07. The van der Waals surface area contributed by atoms with Crippen molar-refractivity contribution in [2.24, 2.45) is 0 Å². The molecule has 0 amide bonds. The first-order chi connectivity index (χ1) is 20.0. The van der Waals surface area contributed by atoms with Crippen LogP contribution in [0.3, 0.4) is 0 Å². The molecule has 0 fully saturated rings. The van der Waals surface area contributed by atoms with Crippen LogP contribution in [0.5, 0.6) is 28.7 Å². The molecule has 6 nitrogen and oxygen atoms in total. The van der Waals surface area contributed by atoms with Gasteiger partial charge in [0.15, 0.2) is 34.9 Å². The van der Waals surface area contributed by atoms with E-state index in [1.807, 2.05) is 0 Å². The zero-order valence-corrected chi connectivity index (χ0v) is 21.2. The van der Waals surface area contributed by atoms with Crippen molar-refractivity contribution in [3.8, 4) is 51.7 Å². The van der Waals surface area contributed by atoms with Crippen LogP contribution in [-0.4, -0.2) is 17.3 Å². The number of nitrogens with zero attached hydrogens (tertiary/aromatic N) is 2. The molecule has 42 heavy (non-hydrogen) atoms. The van der Waals surface area contributed by atoms with Gasteiger partial charge in [-0.05, 0) is 55.5 Å². The van der Waals surface area contributed by atoms with Crippen molar-refractivity contribution in [1.29, 1.82) is 0 Å². The first-order valence-corrected chi connectivity index (χ1v) is 11.6. The van der Waals surface area contributed by atoms with Crippen LogP contribution < -0.4 is 14.2 Å². The fraction of sp³-hybridized carbons (Fsp3) is 0.0714. The number of rotatable bonds is 7. The smallest absolute Gasteiger partial charge is 0.254 e. The first kappa shape index (κ1) is 28.4. The number of methoxy groups -OCH3 is 1. The highest BCUT2D eigenvalue weighted by molar-refractivity contribution is 5.62. The molecule has 0 unspecified atom stereocenters. The fourth-order valence-electron chi connectivity index (χ4n) is 3.72. The van der Waals surface area contributed by atoms with E-state index in [4.69, 9.17) is 18.6 Å². The summed E-state index contributed by atoms with van der Waals surface area (Å²) in [6.07, 6.45) is 0. The van der Waals surface area contributed by atoms with E-state index in [2.05, 4.69) is 10.2 Å². The van der Waals surface area contributed by atoms with Gasteiger partial charge in [0, 0.05) is 5.56 Å². The Hall–Kier alpha value is -5.14. The molecule has 1 aromatic heterocycles. The number of halogens is 8. The van der Waals surface area contributed by atoms with Crippen LogP contribution in [0.2, 0.25) is 0 Å². The Kier molecular flexibility index (Phi) is 7.45. The van der Waals surface area contributed by atoms with E-state index >= 15 is 0 Å². The number of ether oxygens (including phenoxy) is 3. The van der Waals surface area contributed by atoms with Crippen LogP contribution in [-0.2, 0) is 0 Å². The summed E-state index contributed by atoms with van der Waals surface area (Å²) in [5, 5.41) is 6.25. The lowest BCUT2D eigenvalue weighted by Crippen LogP contribution is -2.04. The van der Waals surface area contributed by atoms with Gasteiger partial charge in [-0.2, -0.15) is 8.78 Å². The SMILES string of the molecule is COc1ccc(Oc2ccc(Oc3c(F)c(F)c(-c4nnc(-c5c(F)c(F)c(C)c(F)c5F)o4)c(F)c3F)cc2)cc1. The summed E-state index contributed by atoms with van der Waals surface area (Å²) >= 11 is 0. The van der Waals surface area contributed by atoms with Gasteiger partial charge in [-0.1, -0.05) is 0 Å². The third-order valence-electron chi connectivity index (χ3n) is 5.90. The van der Waals surface area contributed by atoms with E-state index < -0.39 is 80.8 Å². The topological polar surface area (TPSA) is 66.6 Å². The molecule has 0 spiro atoms. The van der Waals surface area contributed by atoms with E-state index in [0.29, 0.717) is 11.5 Å². The molecule has 0 aliphatic carbocycles. The second-order valence-electron chi connectivity index (χ2n) is 8.48. The van der Waals surface area contributed by atoms with Crippen molar-refractivity contribution in [2.75, 3.05) is 7.11 Å². The maximum absolute atomic E-state index is 14.9. The summed E-state index contributed by atoms with van der Waals surface area (Å²) in [7, 11) is 1.50. The largest absolute Gasteiger partial charge is 0.497 e. The minimum Gasteiger partial charge on any atom is -0.497 e. The third kappa shape index (κ3) is 4.95. The second kappa shape index (κ2) is 11.0. The Morgan fingerprint density at radius 3 is 1.26 bits per heavy atom. The van der Waals surface area contributed by atoms with E-state index in [9.17, 15) is 35.1 Å². The summed E-state index contributed by atoms with van der Waals surface area (Å²) in [5.41, 5.74) is -4.05. The zero-order chi connectivity index (χ0) is 30.3. The standard InChI is InChI=1S/C28H14F8N2O4/c1-11-18(29)20(31)16(21(32)19(11)30)27-37-38-28(42-27)17-22(33)24(35)26(25(36)23(17)34)41-15-9-7-14(8-10-15)40-13-5-3-12(39-2)4-6-13/h3-10H,1-2H3. The minimum absolute atomic E-state index is 0.240. The molecule has 0 saturated carbocycles. The quantitative estimate of drug-likeness (QED) is 0.139. The van der Waals surface area contributed by atoms with Gasteiger partial charge < -0.3 is 18.6 Å². The number of aromatic nitrogens is 2. The molecule has 5 rings (SSSR count). The highest BCUT2D eigenvalue weighted by atomic mass is 19.2. The monoisotopic (exact) mass is 594 g/mol. The molecule has 1 heterocycles. The summed E-state index contributed by atoms with van der Waals surface area (Å²) in [5.74, 6) is -18.6. The molecular formula is C28H14F8N2O4. The molecule has 0 aliphatic heterocycles. The lowest BCUT2D eigenvalue weighted by molar-refractivity contribution is 0.365. The Morgan fingerprint density at radius 1 is 0.500 bits per heavy atom. The van der Waals surface area contributed by atoms with E-state index in [1.165, 1.54) is 31.4 Å². The van der Waals surface area contributed by atoms with Crippen LogP contribution in [0.1, 0.15) is 5.56 Å². The van der Waals surface area contributed by atoms with Gasteiger partial charge in [0.2, 0.25) is 17.4 Å². The van der Waals surface area contributed by atoms with Crippen LogP contribution in [0.15, 0.2) is 52.9 Å². The molecule has 216 valence electrons. The average Bonchev–Trinajstić information content (AvgIpc) is 3.46. The summed E-state index contributed by atoms with van der Waals surface area (Å²) in [4.78, 5) is 0. The molecule has 0 bridgehead atoms. The van der Waals surface area contributed by atoms with Crippen LogP contribution in [0.25, 0.3) is 22.9 Å². The van der Waals surface area contributed by atoms with Crippen molar-refractivity contribution < 1.29 is 53.8 Å². The van der Waals surface area contributed by atoms with Crippen molar-refractivity contribution >= 4 is 0 Å². The van der Waals surface area contributed by atoms with Gasteiger partial charge in [-0.15, -0.1) is 10.2 Å². The molecule has 5 aromatic rings. The van der Waals surface area contributed by atoms with Crippen molar-refractivity contribution in [3.05, 3.63) is 101 Å². The van der Waals surface area contributed by atoms with Gasteiger partial charge in [0.1, 0.15) is 34.1 Å². The van der Waals surface area contributed by atoms with Gasteiger partial charge in [0.05, 0.1) is 7.11 Å². The molecule has 0 radical (unpaired) electrons. The lowest BCUT2D eigenvalue weighted by Gasteiger charge is -2.12. The molecule has 14 heteroatoms. The molecule has 0 N–H and O–H groups in total. The van der Waals surface area contributed by atoms with Crippen LogP contribution >= 0.6 is 0 Å². The predicted molar refractivity (Wildman–Crippen MR) is 129 cm³/mol. The summed E-state index contributed by atoms with van der Waals surface area (Å²) in [6, 6.07) is 11.7. The van der Waals surface area contributed by atoms with E-state index in [1.54, 1.807) is 24.3 Å². The van der Waals surface area contributed by atoms with Crippen molar-refractivity contribution in [2.45, 2.75) is 6.92 Å². The van der Waals surface area contributed by atoms with E-state index in [0.717, 1.165) is 6.92 Å². The van der Waals surface area contributed by atoms with Crippen LogP contribution in [0.4, 0.5) is 35.1 Å². The normalized spacial score (nSPS) is 11.1. The first-order valence-electron chi connectivity index (χ1n) is 11.6. The summed E-state index contributed by atoms with van der Waals surface area (Å²) in [6.45, 7) is 0.754. The third-order valence-corrected chi connectivity index (χ3v) is 5.90. The van der Waals surface area contributed by atoms with Crippen molar-refractivity contribution in [1.82, 2.24) is 10.2 Å². The average molecular weight is 594 g/mol.